The van der Waals surface area contributed by atoms with Crippen LogP contribution in [0.3, 0.4) is 0 Å². The Labute approximate surface area is 358 Å². The third-order valence-corrected chi connectivity index (χ3v) is 12.5. The molecule has 0 aromatic rings. The lowest BCUT2D eigenvalue weighted by Crippen LogP contribution is -2.45. The van der Waals surface area contributed by atoms with Gasteiger partial charge in [0.05, 0.1) is 18.8 Å². The van der Waals surface area contributed by atoms with Gasteiger partial charge in [0.15, 0.2) is 0 Å². The van der Waals surface area contributed by atoms with Gasteiger partial charge in [-0.25, -0.2) is 0 Å². The number of hydrogen-bond acceptors (Lipinski definition) is 3. The summed E-state index contributed by atoms with van der Waals surface area (Å²) in [4.78, 5) is 12.4. The van der Waals surface area contributed by atoms with E-state index in [0.29, 0.717) is 6.42 Å². The van der Waals surface area contributed by atoms with Gasteiger partial charge in [0, 0.05) is 6.42 Å². The number of hydrogen-bond donors (Lipinski definition) is 3. The number of carbonyl (C=O) groups is 1. The van der Waals surface area contributed by atoms with Gasteiger partial charge < -0.3 is 15.5 Å². The van der Waals surface area contributed by atoms with E-state index in [4.69, 9.17) is 0 Å². The highest BCUT2D eigenvalue weighted by molar-refractivity contribution is 5.76. The molecular weight excluding hydrogens is 699 g/mol. The number of unbranched alkanes of at least 4 members (excludes halogenated alkanes) is 42. The molecule has 3 N–H and O–H groups in total. The summed E-state index contributed by atoms with van der Waals surface area (Å²) in [5.74, 6) is -0.0575. The standard InChI is InChI=1S/C53H105NO3/c1-3-5-7-9-11-13-15-17-19-20-21-22-23-24-25-26-27-28-29-30-31-32-33-34-35-37-39-41-43-45-47-49-53(57)54-51(50-55)52(56)48-46-44-42-40-38-36-18-16-14-12-10-8-6-4-2/h46,48,51-52,55-56H,3-45,47,49-50H2,1-2H3,(H,54,57)/b48-46+/t51-,52+/m0/s1. The fraction of sp³-hybridized carbons (Fsp3) is 0.943. The zero-order valence-electron chi connectivity index (χ0n) is 39.1. The minimum Gasteiger partial charge on any atom is -0.394 e. The Bertz CT molecular complexity index is 784. The molecule has 0 fully saturated rings. The zero-order valence-corrected chi connectivity index (χ0v) is 39.1. The second-order valence-corrected chi connectivity index (χ2v) is 18.3. The van der Waals surface area contributed by atoms with Gasteiger partial charge in [0.25, 0.3) is 0 Å². The Kier molecular flexibility index (Phi) is 48.7. The van der Waals surface area contributed by atoms with Crippen molar-refractivity contribution in [3.8, 4) is 0 Å². The molecule has 0 aliphatic carbocycles. The largest absolute Gasteiger partial charge is 0.394 e. The van der Waals surface area contributed by atoms with E-state index in [2.05, 4.69) is 19.2 Å². The smallest absolute Gasteiger partial charge is 0.220 e. The van der Waals surface area contributed by atoms with Gasteiger partial charge in [0.1, 0.15) is 0 Å². The average Bonchev–Trinajstić information content (AvgIpc) is 3.22. The van der Waals surface area contributed by atoms with E-state index in [1.807, 2.05) is 6.08 Å². The van der Waals surface area contributed by atoms with E-state index in [0.717, 1.165) is 25.7 Å². The van der Waals surface area contributed by atoms with Crippen LogP contribution in [-0.4, -0.2) is 34.9 Å². The van der Waals surface area contributed by atoms with Crippen LogP contribution in [0.25, 0.3) is 0 Å². The van der Waals surface area contributed by atoms with Crippen LogP contribution in [0.15, 0.2) is 12.2 Å². The maximum absolute atomic E-state index is 12.4. The number of allylic oxidation sites excluding steroid dienone is 1. The van der Waals surface area contributed by atoms with Crippen LogP contribution in [0.1, 0.15) is 303 Å². The SMILES string of the molecule is CCCCCCCCCCCCCC/C=C/[C@@H](O)[C@H](CO)NC(=O)CCCCCCCCCCCCCCCCCCCCCCCCCCCCCCCCC. The average molecular weight is 804 g/mol. The summed E-state index contributed by atoms with van der Waals surface area (Å²) in [6, 6.07) is -0.617. The Morgan fingerprint density at radius 1 is 0.404 bits per heavy atom. The summed E-state index contributed by atoms with van der Waals surface area (Å²) < 4.78 is 0. The van der Waals surface area contributed by atoms with Crippen LogP contribution in [0.4, 0.5) is 0 Å². The molecule has 0 aromatic heterocycles. The number of rotatable bonds is 49. The van der Waals surface area contributed by atoms with Gasteiger partial charge in [-0.2, -0.15) is 0 Å². The highest BCUT2D eigenvalue weighted by atomic mass is 16.3. The lowest BCUT2D eigenvalue weighted by atomic mass is 10.0. The number of aliphatic hydroxyl groups is 2. The van der Waals surface area contributed by atoms with Gasteiger partial charge in [-0.3, -0.25) is 4.79 Å². The Morgan fingerprint density at radius 2 is 0.649 bits per heavy atom. The van der Waals surface area contributed by atoms with Crippen molar-refractivity contribution in [1.82, 2.24) is 5.32 Å². The van der Waals surface area contributed by atoms with Crippen molar-refractivity contribution in [2.24, 2.45) is 0 Å². The fourth-order valence-electron chi connectivity index (χ4n) is 8.48. The van der Waals surface area contributed by atoms with Crippen molar-refractivity contribution in [2.75, 3.05) is 6.61 Å². The van der Waals surface area contributed by atoms with E-state index in [-0.39, 0.29) is 12.5 Å². The maximum atomic E-state index is 12.4. The van der Waals surface area contributed by atoms with Crippen LogP contribution < -0.4 is 5.32 Å². The second-order valence-electron chi connectivity index (χ2n) is 18.3. The maximum Gasteiger partial charge on any atom is 0.220 e. The Balaban J connectivity index is 3.40. The van der Waals surface area contributed by atoms with Crippen LogP contribution in [-0.2, 0) is 4.79 Å². The van der Waals surface area contributed by atoms with Crippen LogP contribution >= 0.6 is 0 Å². The lowest BCUT2D eigenvalue weighted by molar-refractivity contribution is -0.123. The van der Waals surface area contributed by atoms with Crippen molar-refractivity contribution in [2.45, 2.75) is 315 Å². The molecule has 0 bridgehead atoms. The van der Waals surface area contributed by atoms with Crippen molar-refractivity contribution >= 4 is 5.91 Å². The molecular formula is C53H105NO3. The molecule has 57 heavy (non-hydrogen) atoms. The van der Waals surface area contributed by atoms with Crippen molar-refractivity contribution in [3.05, 3.63) is 12.2 Å². The molecule has 4 heteroatoms. The molecule has 0 radical (unpaired) electrons. The van der Waals surface area contributed by atoms with E-state index in [1.54, 1.807) is 6.08 Å². The zero-order chi connectivity index (χ0) is 41.4. The molecule has 0 saturated carbocycles. The molecule has 0 spiro atoms. The van der Waals surface area contributed by atoms with E-state index >= 15 is 0 Å². The highest BCUT2D eigenvalue weighted by Gasteiger charge is 2.18. The van der Waals surface area contributed by atoms with E-state index in [9.17, 15) is 15.0 Å². The second kappa shape index (κ2) is 49.5. The minimum atomic E-state index is -0.834. The van der Waals surface area contributed by atoms with Crippen LogP contribution in [0, 0.1) is 0 Å². The first kappa shape index (κ1) is 56.1. The first-order valence-corrected chi connectivity index (χ1v) is 26.4. The third kappa shape index (κ3) is 46.1. The monoisotopic (exact) mass is 804 g/mol. The van der Waals surface area contributed by atoms with Gasteiger partial charge >= 0.3 is 0 Å². The van der Waals surface area contributed by atoms with Gasteiger partial charge in [-0.15, -0.1) is 0 Å². The number of amides is 1. The molecule has 0 aliphatic heterocycles. The molecule has 0 aliphatic rings. The first-order valence-electron chi connectivity index (χ1n) is 26.4. The molecule has 340 valence electrons. The Morgan fingerprint density at radius 3 is 0.912 bits per heavy atom. The summed E-state index contributed by atoms with van der Waals surface area (Å²) in [5.41, 5.74) is 0. The van der Waals surface area contributed by atoms with Crippen molar-refractivity contribution in [1.29, 1.82) is 0 Å². The predicted octanol–water partition coefficient (Wildman–Crippen LogP) is 17.0. The molecule has 0 saturated heterocycles. The molecule has 0 unspecified atom stereocenters. The third-order valence-electron chi connectivity index (χ3n) is 12.5. The van der Waals surface area contributed by atoms with Crippen LogP contribution in [0.2, 0.25) is 0 Å². The number of nitrogens with one attached hydrogen (secondary N) is 1. The lowest BCUT2D eigenvalue weighted by Gasteiger charge is -2.20. The Hall–Kier alpha value is -0.870. The molecule has 0 heterocycles. The normalized spacial score (nSPS) is 12.8. The van der Waals surface area contributed by atoms with E-state index in [1.165, 1.54) is 257 Å². The summed E-state index contributed by atoms with van der Waals surface area (Å²) in [6.07, 6.45) is 63.7. The van der Waals surface area contributed by atoms with Crippen LogP contribution in [0.5, 0.6) is 0 Å². The molecule has 4 nitrogen and oxygen atoms in total. The topological polar surface area (TPSA) is 69.6 Å². The summed E-state index contributed by atoms with van der Waals surface area (Å²) in [7, 11) is 0. The van der Waals surface area contributed by atoms with E-state index < -0.39 is 12.1 Å². The molecule has 1 amide bonds. The quantitative estimate of drug-likeness (QED) is 0.0424. The minimum absolute atomic E-state index is 0.0575. The first-order chi connectivity index (χ1) is 28.2. The molecule has 2 atom stereocenters. The summed E-state index contributed by atoms with van der Waals surface area (Å²) in [5, 5.41) is 23.1. The number of aliphatic hydroxyl groups excluding tert-OH is 2. The summed E-state index contributed by atoms with van der Waals surface area (Å²) >= 11 is 0. The molecule has 0 rings (SSSR count). The highest BCUT2D eigenvalue weighted by Crippen LogP contribution is 2.18. The fourth-order valence-corrected chi connectivity index (χ4v) is 8.48. The predicted molar refractivity (Wildman–Crippen MR) is 253 cm³/mol. The summed E-state index contributed by atoms with van der Waals surface area (Å²) in [6.45, 7) is 4.34. The van der Waals surface area contributed by atoms with Gasteiger partial charge in [-0.05, 0) is 19.3 Å². The van der Waals surface area contributed by atoms with Crippen molar-refractivity contribution in [3.63, 3.8) is 0 Å². The molecule has 0 aromatic carbocycles. The number of carbonyl (C=O) groups excluding carboxylic acids is 1. The van der Waals surface area contributed by atoms with Gasteiger partial charge in [0.2, 0.25) is 5.91 Å². The van der Waals surface area contributed by atoms with Crippen molar-refractivity contribution < 1.29 is 15.0 Å². The van der Waals surface area contributed by atoms with Gasteiger partial charge in [-0.1, -0.05) is 289 Å².